The quantitative estimate of drug-likeness (QED) is 0.0243. The first kappa shape index (κ1) is 57.9. The molecule has 0 spiro atoms. The third-order valence-corrected chi connectivity index (χ3v) is 17.1. The summed E-state index contributed by atoms with van der Waals surface area (Å²) in [5, 5.41) is 37.4. The first-order valence-corrected chi connectivity index (χ1v) is 28.0. The number of hydrogen-bond donors (Lipinski definition) is 13. The number of methoxy groups -OCH3 is 1. The van der Waals surface area contributed by atoms with E-state index in [0.717, 1.165) is 36.6 Å². The number of carbonyl (C=O) groups is 1. The number of aromatic nitrogens is 10. The lowest BCUT2D eigenvalue weighted by atomic mass is 9.98. The van der Waals surface area contributed by atoms with Gasteiger partial charge in [-0.3, -0.25) is 46.8 Å². The largest absolute Gasteiger partial charge is 0.490 e. The Morgan fingerprint density at radius 1 is 0.779 bits per heavy atom. The molecule has 5 aromatic heterocycles. The van der Waals surface area contributed by atoms with E-state index < -0.39 is 147 Å². The highest BCUT2D eigenvalue weighted by Gasteiger charge is 2.54. The predicted molar refractivity (Wildman–Crippen MR) is 248 cm³/mol. The molecule has 3 aliphatic heterocycles. The van der Waals surface area contributed by atoms with Gasteiger partial charge >= 0.3 is 48.6 Å². The molecule has 0 saturated carbocycles. The summed E-state index contributed by atoms with van der Waals surface area (Å²) in [6.07, 6.45) is -13.8. The minimum atomic E-state index is -6.23. The van der Waals surface area contributed by atoms with E-state index in [2.05, 4.69) is 44.2 Å². The lowest BCUT2D eigenvalue weighted by Crippen LogP contribution is -2.42. The van der Waals surface area contributed by atoms with E-state index in [4.69, 9.17) is 48.5 Å². The molecule has 2 amide bonds. The number of carbonyl (C=O) groups excluding carboxylic acids is 1. The van der Waals surface area contributed by atoms with Crippen LogP contribution >= 0.6 is 31.3 Å². The van der Waals surface area contributed by atoms with Crippen molar-refractivity contribution < 1.29 is 108 Å². The highest BCUT2D eigenvalue weighted by atomic mass is 31.3. The zero-order valence-corrected chi connectivity index (χ0v) is 43.2. The third kappa shape index (κ3) is 12.6. The number of fused-ring (bicyclic) bond motifs is 2. The van der Waals surface area contributed by atoms with Crippen LogP contribution in [0.3, 0.4) is 0 Å². The molecule has 5 aromatic rings. The number of imidazole rings is 2. The molecular weight excluding hydrogens is 1130 g/mol. The first-order valence-electron chi connectivity index (χ1n) is 22.0. The van der Waals surface area contributed by atoms with Gasteiger partial charge in [-0.15, -0.1) is 0 Å². The maximum Gasteiger partial charge on any atom is 0.490 e. The molecule has 15 N–H and O–H groups in total. The van der Waals surface area contributed by atoms with Crippen molar-refractivity contribution in [3.63, 3.8) is 0 Å². The summed E-state index contributed by atoms with van der Waals surface area (Å²) in [7, 11) is -19.7. The maximum absolute atomic E-state index is 13.6. The predicted octanol–water partition coefficient (Wildman–Crippen LogP) is -4.69. The van der Waals surface area contributed by atoms with Gasteiger partial charge in [0, 0.05) is 38.9 Å². The van der Waals surface area contributed by atoms with Gasteiger partial charge in [0.25, 0.3) is 16.7 Å². The lowest BCUT2D eigenvalue weighted by molar-refractivity contribution is -0.646. The van der Waals surface area contributed by atoms with Crippen molar-refractivity contribution in [2.45, 2.75) is 67.5 Å². The summed E-state index contributed by atoms with van der Waals surface area (Å²) in [6.45, 7) is -3.75. The molecule has 0 aromatic carbocycles. The molecule has 4 unspecified atom stereocenters. The number of nitrogens with zero attached hydrogens (tertiary/aromatic N) is 8. The van der Waals surface area contributed by atoms with Gasteiger partial charge in [0.05, 0.1) is 39.3 Å². The molecule has 424 valence electrons. The standard InChI is InChI=1S/C34H48N14O25P4/c1-37-33(54)38-6-13-14(68-29(20(13)50)48-12-45(2)19-27(48)43-32(36)44-28(19)53)7-66-75(58,59)72-77(62,63)73-76(60,61)67-9-16-23(24(64-3)31(70-16)47-11-41-18-25(35)39-10-40-26(18)47)71-74(56,57)65-8-15-21(51)22(52)30(69-15)46-5-4-17(49)42-34(46)55/h4-5,10-16,20-24,29-31,50-52H,6-9H2,1-3H3,(H11-,35,36,37,38,39,40,42,43,44,49,53,54,55,56,57,58,59,60,61,62,63)/p+1/t13-,14-,15-,16-,20-,21-,22-,23-,24-,29-,30-,31-/m1/s1. The number of H-pyrrole nitrogens is 2. The number of aliphatic hydroxyl groups excluding tert-OH is 3. The minimum Gasteiger partial charge on any atom is -0.387 e. The van der Waals surface area contributed by atoms with Crippen molar-refractivity contribution in [3.8, 4) is 0 Å². The fourth-order valence-electron chi connectivity index (χ4n) is 8.43. The number of aryl methyl sites for hydroxylation is 1. The summed E-state index contributed by atoms with van der Waals surface area (Å²) in [4.78, 5) is 112. The van der Waals surface area contributed by atoms with E-state index >= 15 is 0 Å². The van der Waals surface area contributed by atoms with Gasteiger partial charge in [0.2, 0.25) is 18.5 Å². The molecule has 3 saturated heterocycles. The Kier molecular flexibility index (Phi) is 16.9. The summed E-state index contributed by atoms with van der Waals surface area (Å²) >= 11 is 0. The van der Waals surface area contributed by atoms with Crippen LogP contribution < -0.4 is 43.5 Å². The van der Waals surface area contributed by atoms with E-state index in [9.17, 15) is 72.3 Å². The first-order chi connectivity index (χ1) is 36.1. The Hall–Kier alpha value is -5.31. The highest BCUT2D eigenvalue weighted by Crippen LogP contribution is 2.68. The average molecular weight is 1180 g/mol. The molecule has 43 heteroatoms. The number of hydrogen-bond acceptors (Lipinski definition) is 27. The maximum atomic E-state index is 13.6. The Morgan fingerprint density at radius 2 is 1.40 bits per heavy atom. The second-order valence-electron chi connectivity index (χ2n) is 16.8. The number of amides is 2. The van der Waals surface area contributed by atoms with Gasteiger partial charge in [-0.25, -0.2) is 47.4 Å². The van der Waals surface area contributed by atoms with Crippen molar-refractivity contribution in [2.75, 3.05) is 52.0 Å². The van der Waals surface area contributed by atoms with E-state index in [-0.39, 0.29) is 40.6 Å². The molecule has 77 heavy (non-hydrogen) atoms. The molecule has 8 heterocycles. The number of anilines is 2. The second-order valence-corrected chi connectivity index (χ2v) is 22.9. The van der Waals surface area contributed by atoms with Gasteiger partial charge in [-0.1, -0.05) is 0 Å². The second kappa shape index (κ2) is 22.4. The van der Waals surface area contributed by atoms with Gasteiger partial charge in [0.15, 0.2) is 23.9 Å². The van der Waals surface area contributed by atoms with Crippen molar-refractivity contribution >= 4 is 71.4 Å². The molecule has 0 radical (unpaired) electrons. The van der Waals surface area contributed by atoms with E-state index in [0.29, 0.717) is 0 Å². The summed E-state index contributed by atoms with van der Waals surface area (Å²) in [5.41, 5.74) is 9.13. The smallest absolute Gasteiger partial charge is 0.387 e. The molecule has 39 nitrogen and oxygen atoms in total. The number of rotatable bonds is 21. The van der Waals surface area contributed by atoms with E-state index in [1.807, 2.05) is 4.98 Å². The summed E-state index contributed by atoms with van der Waals surface area (Å²) in [5.74, 6) is -1.60. The van der Waals surface area contributed by atoms with E-state index in [1.54, 1.807) is 0 Å². The molecule has 0 aliphatic carbocycles. The van der Waals surface area contributed by atoms with Gasteiger partial charge < -0.3 is 75.9 Å². The zero-order chi connectivity index (χ0) is 56.1. The number of phosphoric ester groups is 3. The molecular formula is C34H49N14O25P4+. The van der Waals surface area contributed by atoms with Gasteiger partial charge in [0.1, 0.15) is 54.6 Å². The number of nitrogens with two attached hydrogens (primary N) is 2. The van der Waals surface area contributed by atoms with Crippen LogP contribution in [0.1, 0.15) is 18.7 Å². The van der Waals surface area contributed by atoms with Crippen LogP contribution in [0.15, 0.2) is 45.6 Å². The number of phosphoric acid groups is 4. The Bertz CT molecular complexity index is 3400. The molecule has 16 atom stereocenters. The van der Waals surface area contributed by atoms with Crippen LogP contribution in [0.4, 0.5) is 16.6 Å². The van der Waals surface area contributed by atoms with Crippen LogP contribution in [0.2, 0.25) is 0 Å². The molecule has 0 bridgehead atoms. The topological polar surface area (TPSA) is 548 Å². The van der Waals surface area contributed by atoms with Gasteiger partial charge in [-0.05, 0) is 0 Å². The van der Waals surface area contributed by atoms with Crippen LogP contribution in [-0.4, -0.2) is 174 Å². The number of urea groups is 1. The van der Waals surface area contributed by atoms with Crippen LogP contribution in [0, 0.1) is 5.92 Å². The van der Waals surface area contributed by atoms with Crippen LogP contribution in [0.5, 0.6) is 0 Å². The Labute approximate surface area is 428 Å². The van der Waals surface area contributed by atoms with Crippen molar-refractivity contribution in [1.29, 1.82) is 0 Å². The van der Waals surface area contributed by atoms with Crippen molar-refractivity contribution in [3.05, 3.63) is 62.4 Å². The molecule has 3 aliphatic rings. The lowest BCUT2D eigenvalue weighted by Gasteiger charge is -2.26. The number of ether oxygens (including phenoxy) is 4. The van der Waals surface area contributed by atoms with E-state index in [1.165, 1.54) is 34.1 Å². The monoisotopic (exact) mass is 1180 g/mol. The van der Waals surface area contributed by atoms with Crippen molar-refractivity contribution in [2.24, 2.45) is 13.0 Å². The third-order valence-electron chi connectivity index (χ3n) is 11.9. The highest BCUT2D eigenvalue weighted by molar-refractivity contribution is 7.66. The Morgan fingerprint density at radius 3 is 2.06 bits per heavy atom. The number of nitrogen functional groups attached to an aromatic ring is 2. The zero-order valence-electron chi connectivity index (χ0n) is 39.6. The average Bonchev–Trinajstić information content (AvgIpc) is 4.19. The fraction of sp³-hybridized carbons (Fsp3) is 0.559. The minimum absolute atomic E-state index is 0.00320. The number of aliphatic hydroxyl groups is 3. The number of aromatic amines is 2. The summed E-state index contributed by atoms with van der Waals surface area (Å²) < 4.78 is 109. The molecule has 8 rings (SSSR count). The SMILES string of the molecule is CNC(=O)NC[C@H]1[C@@H](O)[C@H](n2c[n+](C)c3c(=O)[nH]c(N)nc32)O[C@@H]1COP(=O)(O)OP(=O)(O)OP(=O)(O)OC[C@H]1O[C@@H](n2cnc3c(N)ncnc32)[C@H](OC)[C@@H]1OP(=O)(O)OC[C@H]1O[C@@H](n2ccc(=O)[nH]c2=O)[C@H](O)[C@@H]1O. The normalized spacial score (nSPS) is 29.7. The van der Waals surface area contributed by atoms with Crippen LogP contribution in [-0.2, 0) is 71.0 Å². The van der Waals surface area contributed by atoms with Crippen LogP contribution in [0.25, 0.3) is 22.3 Å². The van der Waals surface area contributed by atoms with Crippen molar-refractivity contribution in [1.82, 2.24) is 54.2 Å². The van der Waals surface area contributed by atoms with Gasteiger partial charge in [-0.2, -0.15) is 18.2 Å². The Balaban J connectivity index is 0.948. The summed E-state index contributed by atoms with van der Waals surface area (Å²) in [6, 6.07) is 0.193. The molecule has 3 fully saturated rings. The number of nitrogens with one attached hydrogen (secondary N) is 4. The fourth-order valence-corrected chi connectivity index (χ4v) is 12.9.